The van der Waals surface area contributed by atoms with Crippen molar-refractivity contribution in [3.8, 4) is 6.07 Å². The van der Waals surface area contributed by atoms with E-state index >= 15 is 0 Å². The quantitative estimate of drug-likeness (QED) is 0.657. The van der Waals surface area contributed by atoms with Gasteiger partial charge in [-0.05, 0) is 12.1 Å². The van der Waals surface area contributed by atoms with Gasteiger partial charge in [0, 0.05) is 6.92 Å². The van der Waals surface area contributed by atoms with Crippen LogP contribution in [-0.2, 0) is 5.92 Å². The zero-order chi connectivity index (χ0) is 10.1. The number of nitrogens with zero attached hydrogens (tertiary/aromatic N) is 2. The van der Waals surface area contributed by atoms with E-state index in [0.717, 1.165) is 13.0 Å². The van der Waals surface area contributed by atoms with Gasteiger partial charge in [0.15, 0.2) is 0 Å². The van der Waals surface area contributed by atoms with E-state index in [4.69, 9.17) is 16.9 Å². The highest BCUT2D eigenvalue weighted by molar-refractivity contribution is 6.30. The predicted molar refractivity (Wildman–Crippen MR) is 43.5 cm³/mol. The third kappa shape index (κ3) is 2.13. The highest BCUT2D eigenvalue weighted by Crippen LogP contribution is 2.26. The maximum atomic E-state index is 12.7. The molecule has 0 amide bonds. The van der Waals surface area contributed by atoms with E-state index in [9.17, 15) is 8.78 Å². The fourth-order valence-corrected chi connectivity index (χ4v) is 0.958. The fourth-order valence-electron chi connectivity index (χ4n) is 0.762. The Morgan fingerprint density at radius 2 is 2.15 bits per heavy atom. The maximum absolute atomic E-state index is 12.7. The number of hydrogen-bond acceptors (Lipinski definition) is 2. The topological polar surface area (TPSA) is 36.7 Å². The summed E-state index contributed by atoms with van der Waals surface area (Å²) in [7, 11) is 0. The number of nitriles is 1. The van der Waals surface area contributed by atoms with Gasteiger partial charge in [-0.3, -0.25) is 0 Å². The smallest absolute Gasteiger partial charge is 0.233 e. The molecule has 0 saturated heterocycles. The molecule has 0 saturated carbocycles. The normalized spacial score (nSPS) is 11.0. The van der Waals surface area contributed by atoms with Gasteiger partial charge in [0.25, 0.3) is 5.92 Å². The Hall–Kier alpha value is -1.21. The minimum Gasteiger partial charge on any atom is -0.233 e. The first-order valence-corrected chi connectivity index (χ1v) is 3.78. The van der Waals surface area contributed by atoms with Gasteiger partial charge in [-0.1, -0.05) is 11.6 Å². The number of halogens is 3. The minimum atomic E-state index is -3.03. The van der Waals surface area contributed by atoms with Crippen molar-refractivity contribution >= 4 is 11.6 Å². The third-order valence-electron chi connectivity index (χ3n) is 1.42. The van der Waals surface area contributed by atoms with Gasteiger partial charge in [-0.15, -0.1) is 0 Å². The zero-order valence-electron chi connectivity index (χ0n) is 6.68. The number of aromatic nitrogens is 1. The minimum absolute atomic E-state index is 0.0923. The predicted octanol–water partition coefficient (Wildman–Crippen LogP) is 2.72. The van der Waals surface area contributed by atoms with Crippen LogP contribution in [0.1, 0.15) is 18.2 Å². The highest BCUT2D eigenvalue weighted by Gasteiger charge is 2.26. The molecule has 68 valence electrons. The molecule has 0 atom stereocenters. The molecule has 0 aliphatic carbocycles. The van der Waals surface area contributed by atoms with Gasteiger partial charge in [-0.2, -0.15) is 14.0 Å². The summed E-state index contributed by atoms with van der Waals surface area (Å²) in [5, 5.41) is 8.26. The Kier molecular flexibility index (Phi) is 2.48. The van der Waals surface area contributed by atoms with Crippen LogP contribution in [0.2, 0.25) is 5.15 Å². The molecule has 0 radical (unpaired) electrons. The first-order chi connectivity index (χ1) is 5.95. The van der Waals surface area contributed by atoms with Crippen molar-refractivity contribution in [2.45, 2.75) is 12.8 Å². The molecule has 0 aliphatic rings. The molecule has 2 nitrogen and oxygen atoms in total. The second-order valence-corrected chi connectivity index (χ2v) is 2.89. The van der Waals surface area contributed by atoms with Gasteiger partial charge < -0.3 is 0 Å². The molecule has 0 aliphatic heterocycles. The largest absolute Gasteiger partial charge is 0.287 e. The lowest BCUT2D eigenvalue weighted by atomic mass is 10.2. The van der Waals surface area contributed by atoms with Crippen molar-refractivity contribution in [2.75, 3.05) is 0 Å². The van der Waals surface area contributed by atoms with Gasteiger partial charge >= 0.3 is 0 Å². The lowest BCUT2D eigenvalue weighted by Gasteiger charge is -2.09. The van der Waals surface area contributed by atoms with Crippen LogP contribution in [0.5, 0.6) is 0 Å². The molecule has 5 heteroatoms. The average molecular weight is 203 g/mol. The lowest BCUT2D eigenvalue weighted by Crippen LogP contribution is -2.09. The molecule has 0 aromatic carbocycles. The summed E-state index contributed by atoms with van der Waals surface area (Å²) in [6.07, 6.45) is 0. The number of rotatable bonds is 1. The maximum Gasteiger partial charge on any atom is 0.287 e. The molecule has 1 rings (SSSR count). The van der Waals surface area contributed by atoms with E-state index < -0.39 is 11.6 Å². The average Bonchev–Trinajstić information content (AvgIpc) is 2.02. The molecule has 13 heavy (non-hydrogen) atoms. The van der Waals surface area contributed by atoms with Crippen LogP contribution in [0.25, 0.3) is 0 Å². The van der Waals surface area contributed by atoms with Crippen molar-refractivity contribution in [2.24, 2.45) is 0 Å². The number of alkyl halides is 2. The zero-order valence-corrected chi connectivity index (χ0v) is 7.44. The molecule has 0 unspecified atom stereocenters. The Morgan fingerprint density at radius 3 is 2.54 bits per heavy atom. The van der Waals surface area contributed by atoms with Crippen molar-refractivity contribution in [1.82, 2.24) is 4.98 Å². The van der Waals surface area contributed by atoms with Crippen LogP contribution in [-0.4, -0.2) is 4.98 Å². The molecule has 0 spiro atoms. The summed E-state index contributed by atoms with van der Waals surface area (Å²) in [4.78, 5) is 3.41. The summed E-state index contributed by atoms with van der Waals surface area (Å²) < 4.78 is 25.3. The summed E-state index contributed by atoms with van der Waals surface area (Å²) in [5.74, 6) is -3.03. The van der Waals surface area contributed by atoms with Crippen molar-refractivity contribution in [3.05, 3.63) is 28.5 Å². The summed E-state index contributed by atoms with van der Waals surface area (Å²) >= 11 is 5.47. The molecule has 0 bridgehead atoms. The van der Waals surface area contributed by atoms with Crippen LogP contribution in [0.3, 0.4) is 0 Å². The van der Waals surface area contributed by atoms with Crippen LogP contribution < -0.4 is 0 Å². The lowest BCUT2D eigenvalue weighted by molar-refractivity contribution is 0.0128. The molecule has 0 N–H and O–H groups in total. The SMILES string of the molecule is CC(F)(F)c1ccc(C#N)c(Cl)n1. The van der Waals surface area contributed by atoms with Crippen molar-refractivity contribution in [1.29, 1.82) is 5.26 Å². The fraction of sp³-hybridized carbons (Fsp3) is 0.250. The third-order valence-corrected chi connectivity index (χ3v) is 1.71. The Balaban J connectivity index is 3.20. The van der Waals surface area contributed by atoms with Crippen LogP contribution in [0.4, 0.5) is 8.78 Å². The molecule has 1 aromatic heterocycles. The van der Waals surface area contributed by atoms with E-state index in [1.165, 1.54) is 6.07 Å². The number of pyridine rings is 1. The van der Waals surface area contributed by atoms with Crippen LogP contribution in [0.15, 0.2) is 12.1 Å². The summed E-state index contributed by atoms with van der Waals surface area (Å²) in [5.41, 5.74) is -0.342. The first-order valence-electron chi connectivity index (χ1n) is 3.40. The van der Waals surface area contributed by atoms with Crippen LogP contribution >= 0.6 is 11.6 Å². The van der Waals surface area contributed by atoms with E-state index in [-0.39, 0.29) is 10.7 Å². The van der Waals surface area contributed by atoms with Crippen molar-refractivity contribution < 1.29 is 8.78 Å². The van der Waals surface area contributed by atoms with Gasteiger partial charge in [-0.25, -0.2) is 4.98 Å². The molecule has 1 heterocycles. The van der Waals surface area contributed by atoms with E-state index in [0.29, 0.717) is 0 Å². The Morgan fingerprint density at radius 1 is 1.54 bits per heavy atom. The highest BCUT2D eigenvalue weighted by atomic mass is 35.5. The molecule has 1 aromatic rings. The molecule has 0 fully saturated rings. The molecular weight excluding hydrogens is 198 g/mol. The monoisotopic (exact) mass is 202 g/mol. The van der Waals surface area contributed by atoms with Gasteiger partial charge in [0.1, 0.15) is 16.9 Å². The summed E-state index contributed by atoms with van der Waals surface area (Å²) in [6, 6.07) is 4.05. The summed E-state index contributed by atoms with van der Waals surface area (Å²) in [6.45, 7) is 0.720. The van der Waals surface area contributed by atoms with Crippen LogP contribution in [0, 0.1) is 11.3 Å². The Labute approximate surface area is 78.8 Å². The second-order valence-electron chi connectivity index (χ2n) is 2.54. The number of hydrogen-bond donors (Lipinski definition) is 0. The van der Waals surface area contributed by atoms with Crippen molar-refractivity contribution in [3.63, 3.8) is 0 Å². The van der Waals surface area contributed by atoms with Gasteiger partial charge in [0.2, 0.25) is 0 Å². The van der Waals surface area contributed by atoms with E-state index in [1.54, 1.807) is 6.07 Å². The van der Waals surface area contributed by atoms with E-state index in [2.05, 4.69) is 4.98 Å². The Bertz CT molecular complexity index is 365. The molecular formula is C8H5ClF2N2. The standard InChI is InChI=1S/C8H5ClF2N2/c1-8(10,11)6-3-2-5(4-12)7(9)13-6/h2-3H,1H3. The van der Waals surface area contributed by atoms with E-state index in [1.807, 2.05) is 0 Å². The second kappa shape index (κ2) is 3.27. The first kappa shape index (κ1) is 9.87. The van der Waals surface area contributed by atoms with Gasteiger partial charge in [0.05, 0.1) is 5.56 Å².